The monoisotopic (exact) mass is 516 g/mol. The molecule has 0 bridgehead atoms. The highest BCUT2D eigenvalue weighted by Gasteiger charge is 2.38. The molecule has 7 aromatic carbocycles. The van der Waals surface area contributed by atoms with Gasteiger partial charge in [-0.15, -0.1) is 0 Å². The Bertz CT molecular complexity index is 2130. The smallest absolute Gasteiger partial charge is 0.140 e. The molecular weight excluding hydrogens is 495 g/mol. The van der Waals surface area contributed by atoms with Crippen LogP contribution < -0.4 is 25.4 Å². The lowest BCUT2D eigenvalue weighted by molar-refractivity contribution is 0.467. The van der Waals surface area contributed by atoms with Gasteiger partial charge in [-0.3, -0.25) is 0 Å². The molecule has 0 spiro atoms. The summed E-state index contributed by atoms with van der Waals surface area (Å²) in [6.07, 6.45) is 0. The van der Waals surface area contributed by atoms with Crippen molar-refractivity contribution in [3.05, 3.63) is 127 Å². The fourth-order valence-electron chi connectivity index (χ4n) is 6.27. The Labute approximate surface area is 226 Å². The van der Waals surface area contributed by atoms with Crippen LogP contribution in [-0.4, -0.2) is 0 Å². The van der Waals surface area contributed by atoms with E-state index in [4.69, 9.17) is 9.47 Å². The third-order valence-corrected chi connectivity index (χ3v) is 10.6. The highest BCUT2D eigenvalue weighted by atomic mass is 31.1. The third kappa shape index (κ3) is 3.01. The van der Waals surface area contributed by atoms with Crippen LogP contribution in [0.25, 0.3) is 43.4 Å². The number of ether oxygens (including phenoxy) is 2. The molecule has 0 N–H and O–H groups in total. The fraction of sp³-hybridized carbons (Fsp3) is 0. The third-order valence-electron chi connectivity index (χ3n) is 7.98. The van der Waals surface area contributed by atoms with Gasteiger partial charge in [0.25, 0.3) is 0 Å². The predicted molar refractivity (Wildman–Crippen MR) is 163 cm³/mol. The summed E-state index contributed by atoms with van der Waals surface area (Å²) in [5.41, 5.74) is 2.28. The summed E-state index contributed by atoms with van der Waals surface area (Å²) in [6.45, 7) is 0. The van der Waals surface area contributed by atoms with Crippen LogP contribution in [-0.2, 0) is 0 Å². The van der Waals surface area contributed by atoms with Crippen LogP contribution in [0.5, 0.6) is 23.0 Å². The molecular formula is C36H21O2P. The Morgan fingerprint density at radius 2 is 1.05 bits per heavy atom. The molecule has 9 rings (SSSR count). The van der Waals surface area contributed by atoms with E-state index in [1.165, 1.54) is 53.8 Å². The number of hydrogen-bond donors (Lipinski definition) is 0. The van der Waals surface area contributed by atoms with Gasteiger partial charge in [0.05, 0.1) is 5.30 Å². The molecule has 182 valence electrons. The highest BCUT2D eigenvalue weighted by Crippen LogP contribution is 2.55. The van der Waals surface area contributed by atoms with Gasteiger partial charge in [0.2, 0.25) is 0 Å². The Balaban J connectivity index is 1.35. The standard InChI is InChI=1S/C36H21O2P/c1-4-12-26-22(9-1)17-18-31-35(26)39-34-16-8-7-15-30(34)37-32-20-24(21-33(38-31)36(32)39)29-19-23-10-2-3-11-25(23)27-13-5-6-14-28(27)29/h1-21H. The molecule has 3 heteroatoms. The van der Waals surface area contributed by atoms with Crippen molar-refractivity contribution in [2.24, 2.45) is 0 Å². The maximum atomic E-state index is 6.75. The average molecular weight is 517 g/mol. The molecule has 0 aromatic heterocycles. The largest absolute Gasteiger partial charge is 0.456 e. The lowest BCUT2D eigenvalue weighted by Gasteiger charge is -2.35. The van der Waals surface area contributed by atoms with E-state index in [1.54, 1.807) is 0 Å². The Morgan fingerprint density at radius 1 is 0.410 bits per heavy atom. The van der Waals surface area contributed by atoms with Crippen LogP contribution in [0.4, 0.5) is 0 Å². The van der Waals surface area contributed by atoms with Crippen molar-refractivity contribution in [1.82, 2.24) is 0 Å². The molecule has 0 radical (unpaired) electrons. The van der Waals surface area contributed by atoms with E-state index in [1.807, 2.05) is 0 Å². The zero-order valence-electron chi connectivity index (χ0n) is 20.9. The minimum absolute atomic E-state index is 0.845. The summed E-state index contributed by atoms with van der Waals surface area (Å²) >= 11 is 0. The van der Waals surface area contributed by atoms with Crippen LogP contribution in [0.3, 0.4) is 0 Å². The molecule has 0 saturated heterocycles. The minimum atomic E-state index is -0.845. The molecule has 0 saturated carbocycles. The van der Waals surface area contributed by atoms with Gasteiger partial charge >= 0.3 is 0 Å². The summed E-state index contributed by atoms with van der Waals surface area (Å²) in [5.74, 6) is 3.66. The van der Waals surface area contributed by atoms with Crippen molar-refractivity contribution in [3.63, 3.8) is 0 Å². The Morgan fingerprint density at radius 3 is 1.90 bits per heavy atom. The van der Waals surface area contributed by atoms with Gasteiger partial charge in [-0.05, 0) is 73.8 Å². The van der Waals surface area contributed by atoms with Crippen molar-refractivity contribution < 1.29 is 9.47 Å². The Kier molecular flexibility index (Phi) is 4.33. The van der Waals surface area contributed by atoms with Crippen molar-refractivity contribution in [1.29, 1.82) is 0 Å². The van der Waals surface area contributed by atoms with E-state index in [0.717, 1.165) is 28.6 Å². The minimum Gasteiger partial charge on any atom is -0.456 e. The fourth-order valence-corrected chi connectivity index (χ4v) is 9.00. The van der Waals surface area contributed by atoms with Crippen LogP contribution >= 0.6 is 7.92 Å². The van der Waals surface area contributed by atoms with Gasteiger partial charge in [-0.25, -0.2) is 0 Å². The first-order chi connectivity index (χ1) is 19.3. The molecule has 2 heterocycles. The molecule has 1 unspecified atom stereocenters. The number of hydrogen-bond acceptors (Lipinski definition) is 2. The first kappa shape index (κ1) is 21.3. The topological polar surface area (TPSA) is 18.5 Å². The summed E-state index contributed by atoms with van der Waals surface area (Å²) < 4.78 is 13.4. The summed E-state index contributed by atoms with van der Waals surface area (Å²) in [7, 11) is -0.845. The molecule has 2 aliphatic heterocycles. The van der Waals surface area contributed by atoms with Crippen molar-refractivity contribution in [3.8, 4) is 34.1 Å². The maximum Gasteiger partial charge on any atom is 0.140 e. The molecule has 7 aromatic rings. The second kappa shape index (κ2) is 7.93. The quantitative estimate of drug-likeness (QED) is 0.160. The highest BCUT2D eigenvalue weighted by molar-refractivity contribution is 7.81. The van der Waals surface area contributed by atoms with Gasteiger partial charge < -0.3 is 9.47 Å². The van der Waals surface area contributed by atoms with E-state index in [2.05, 4.69) is 127 Å². The average Bonchev–Trinajstić information content (AvgIpc) is 3.00. The van der Waals surface area contributed by atoms with Crippen LogP contribution in [0.2, 0.25) is 0 Å². The summed E-state index contributed by atoms with van der Waals surface area (Å²) in [4.78, 5) is 0. The van der Waals surface area contributed by atoms with Gasteiger partial charge in [0, 0.05) is 18.5 Å². The molecule has 39 heavy (non-hydrogen) atoms. The normalized spacial score (nSPS) is 14.8. The van der Waals surface area contributed by atoms with E-state index in [0.29, 0.717) is 0 Å². The molecule has 0 aliphatic carbocycles. The molecule has 1 atom stereocenters. The van der Waals surface area contributed by atoms with E-state index >= 15 is 0 Å². The number of rotatable bonds is 1. The zero-order valence-corrected chi connectivity index (χ0v) is 21.8. The Hall–Kier alpha value is -4.65. The second-order valence-electron chi connectivity index (χ2n) is 10.2. The first-order valence-electron chi connectivity index (χ1n) is 13.2. The van der Waals surface area contributed by atoms with E-state index in [9.17, 15) is 0 Å². The number of fused-ring (bicyclic) bond motifs is 9. The van der Waals surface area contributed by atoms with Crippen molar-refractivity contribution in [2.75, 3.05) is 0 Å². The lowest BCUT2D eigenvalue weighted by Crippen LogP contribution is -2.32. The SMILES string of the molecule is c1ccc2c(c1)Oc1cc(-c3cc4ccccc4c4ccccc34)cc3c1P2c1c(ccc2ccccc12)O3. The van der Waals surface area contributed by atoms with Gasteiger partial charge in [-0.1, -0.05) is 97.1 Å². The van der Waals surface area contributed by atoms with Gasteiger partial charge in [-0.2, -0.15) is 0 Å². The van der Waals surface area contributed by atoms with Gasteiger partial charge in [0.1, 0.15) is 23.0 Å². The van der Waals surface area contributed by atoms with E-state index in [-0.39, 0.29) is 0 Å². The molecule has 0 fully saturated rings. The van der Waals surface area contributed by atoms with Crippen molar-refractivity contribution in [2.45, 2.75) is 0 Å². The number of para-hydroxylation sites is 1. The van der Waals surface area contributed by atoms with Crippen LogP contribution in [0, 0.1) is 0 Å². The van der Waals surface area contributed by atoms with Crippen LogP contribution in [0.15, 0.2) is 127 Å². The van der Waals surface area contributed by atoms with Crippen molar-refractivity contribution >= 4 is 56.2 Å². The van der Waals surface area contributed by atoms with E-state index < -0.39 is 7.92 Å². The predicted octanol–water partition coefficient (Wildman–Crippen LogP) is 8.78. The lowest BCUT2D eigenvalue weighted by atomic mass is 9.93. The summed E-state index contributed by atoms with van der Waals surface area (Å²) in [5, 5.41) is 11.1. The maximum absolute atomic E-state index is 6.75. The second-order valence-corrected chi connectivity index (χ2v) is 12.2. The van der Waals surface area contributed by atoms with Crippen LogP contribution in [0.1, 0.15) is 0 Å². The van der Waals surface area contributed by atoms with Gasteiger partial charge in [0.15, 0.2) is 0 Å². The molecule has 2 aliphatic rings. The molecule has 0 amide bonds. The first-order valence-corrected chi connectivity index (χ1v) is 14.5. The number of benzene rings is 7. The zero-order chi connectivity index (χ0) is 25.5. The molecule has 2 nitrogen and oxygen atoms in total. The summed E-state index contributed by atoms with van der Waals surface area (Å²) in [6, 6.07) is 45.4.